The monoisotopic (exact) mass is 271 g/mol. The second-order valence-corrected chi connectivity index (χ2v) is 4.75. The minimum Gasteiger partial charge on any atom is -0.480 e. The molecule has 0 aromatic heterocycles. The van der Waals surface area contributed by atoms with Gasteiger partial charge >= 0.3 is 11.9 Å². The molecule has 0 bridgehead atoms. The van der Waals surface area contributed by atoms with Gasteiger partial charge in [-0.25, -0.2) is 4.79 Å². The number of carboxylic acids is 1. The predicted octanol–water partition coefficient (Wildman–Crippen LogP) is 1.18. The predicted molar refractivity (Wildman–Crippen MR) is 67.4 cm³/mol. The molecule has 19 heavy (non-hydrogen) atoms. The van der Waals surface area contributed by atoms with Gasteiger partial charge in [0, 0.05) is 19.3 Å². The third kappa shape index (κ3) is 4.22. The Kier molecular flexibility index (Phi) is 5.79. The van der Waals surface area contributed by atoms with Crippen LogP contribution >= 0.6 is 0 Å². The van der Waals surface area contributed by atoms with Gasteiger partial charge in [-0.15, -0.1) is 0 Å². The van der Waals surface area contributed by atoms with Gasteiger partial charge in [-0.3, -0.25) is 9.59 Å². The first-order valence-electron chi connectivity index (χ1n) is 6.71. The van der Waals surface area contributed by atoms with Crippen molar-refractivity contribution in [2.24, 2.45) is 0 Å². The Morgan fingerprint density at radius 3 is 2.37 bits per heavy atom. The smallest absolute Gasteiger partial charge is 0.326 e. The lowest BCUT2D eigenvalue weighted by molar-refractivity contribution is -0.149. The Bertz CT molecular complexity index is 355. The van der Waals surface area contributed by atoms with Crippen molar-refractivity contribution in [2.45, 2.75) is 58.1 Å². The topological polar surface area (TPSA) is 83.9 Å². The van der Waals surface area contributed by atoms with Gasteiger partial charge in [0.2, 0.25) is 5.91 Å². The zero-order valence-electron chi connectivity index (χ0n) is 11.4. The van der Waals surface area contributed by atoms with E-state index in [9.17, 15) is 14.4 Å². The number of hydrogen-bond acceptors (Lipinski definition) is 4. The lowest BCUT2D eigenvalue weighted by Crippen LogP contribution is -2.40. The van der Waals surface area contributed by atoms with Crippen molar-refractivity contribution in [3.63, 3.8) is 0 Å². The number of aliphatic carboxylic acids is 1. The summed E-state index contributed by atoms with van der Waals surface area (Å²) >= 11 is 0. The largest absolute Gasteiger partial charge is 0.480 e. The van der Waals surface area contributed by atoms with Gasteiger partial charge in [0.25, 0.3) is 0 Å². The molecule has 1 rings (SSSR count). The number of likely N-dealkylation sites (tertiary alicyclic amines) is 1. The summed E-state index contributed by atoms with van der Waals surface area (Å²) in [5, 5.41) is 9.12. The SMILES string of the molecule is CCCC(=O)OC1CC(C(=O)O)N(C(=O)CCC)C1. The molecule has 0 radical (unpaired) electrons. The highest BCUT2D eigenvalue weighted by Gasteiger charge is 2.40. The van der Waals surface area contributed by atoms with Crippen LogP contribution in [-0.2, 0) is 19.1 Å². The fourth-order valence-electron chi connectivity index (χ4n) is 2.20. The van der Waals surface area contributed by atoms with Crippen LogP contribution in [0.15, 0.2) is 0 Å². The molecular weight excluding hydrogens is 250 g/mol. The zero-order chi connectivity index (χ0) is 14.4. The van der Waals surface area contributed by atoms with E-state index >= 15 is 0 Å². The number of carbonyl (C=O) groups is 3. The molecule has 0 saturated carbocycles. The molecule has 1 aliphatic rings. The van der Waals surface area contributed by atoms with E-state index in [0.29, 0.717) is 25.7 Å². The number of amides is 1. The van der Waals surface area contributed by atoms with Crippen molar-refractivity contribution >= 4 is 17.8 Å². The quantitative estimate of drug-likeness (QED) is 0.733. The lowest BCUT2D eigenvalue weighted by Gasteiger charge is -2.20. The van der Waals surface area contributed by atoms with Crippen LogP contribution in [0.3, 0.4) is 0 Å². The van der Waals surface area contributed by atoms with Crippen LogP contribution in [-0.4, -0.2) is 46.5 Å². The number of nitrogens with zero attached hydrogens (tertiary/aromatic N) is 1. The van der Waals surface area contributed by atoms with E-state index in [1.54, 1.807) is 0 Å². The van der Waals surface area contributed by atoms with Crippen molar-refractivity contribution in [1.82, 2.24) is 4.90 Å². The molecule has 1 amide bonds. The fraction of sp³-hybridized carbons (Fsp3) is 0.769. The number of hydrogen-bond donors (Lipinski definition) is 1. The molecule has 0 aromatic rings. The molecule has 6 heteroatoms. The average Bonchev–Trinajstić information content (AvgIpc) is 2.73. The van der Waals surface area contributed by atoms with Crippen molar-refractivity contribution in [1.29, 1.82) is 0 Å². The normalized spacial score (nSPS) is 22.3. The number of ether oxygens (including phenoxy) is 1. The van der Waals surface area contributed by atoms with E-state index in [4.69, 9.17) is 9.84 Å². The van der Waals surface area contributed by atoms with E-state index < -0.39 is 18.1 Å². The second kappa shape index (κ2) is 7.11. The lowest BCUT2D eigenvalue weighted by atomic mass is 10.2. The minimum atomic E-state index is -1.04. The Hall–Kier alpha value is -1.59. The van der Waals surface area contributed by atoms with Crippen molar-refractivity contribution in [3.8, 4) is 0 Å². The number of rotatable bonds is 6. The average molecular weight is 271 g/mol. The Morgan fingerprint density at radius 2 is 1.84 bits per heavy atom. The molecule has 0 aliphatic carbocycles. The van der Waals surface area contributed by atoms with Gasteiger partial charge in [-0.2, -0.15) is 0 Å². The van der Waals surface area contributed by atoms with Gasteiger partial charge in [-0.1, -0.05) is 13.8 Å². The van der Waals surface area contributed by atoms with Crippen LogP contribution < -0.4 is 0 Å². The highest BCUT2D eigenvalue weighted by atomic mass is 16.5. The first-order chi connectivity index (χ1) is 8.99. The minimum absolute atomic E-state index is 0.181. The van der Waals surface area contributed by atoms with Gasteiger partial charge in [0.05, 0.1) is 6.54 Å². The van der Waals surface area contributed by atoms with Crippen LogP contribution in [0.1, 0.15) is 46.0 Å². The molecular formula is C13H21NO5. The Morgan fingerprint density at radius 1 is 1.21 bits per heavy atom. The van der Waals surface area contributed by atoms with Crippen LogP contribution in [0.2, 0.25) is 0 Å². The van der Waals surface area contributed by atoms with Crippen molar-refractivity contribution < 1.29 is 24.2 Å². The van der Waals surface area contributed by atoms with Crippen LogP contribution in [0.25, 0.3) is 0 Å². The zero-order valence-corrected chi connectivity index (χ0v) is 11.4. The summed E-state index contributed by atoms with van der Waals surface area (Å²) in [6, 6.07) is -0.876. The van der Waals surface area contributed by atoms with Gasteiger partial charge < -0.3 is 14.7 Å². The van der Waals surface area contributed by atoms with E-state index in [1.807, 2.05) is 13.8 Å². The summed E-state index contributed by atoms with van der Waals surface area (Å²) in [7, 11) is 0. The molecule has 1 aliphatic heterocycles. The molecule has 1 saturated heterocycles. The standard InChI is InChI=1S/C13H21NO5/c1-3-5-11(15)14-8-9(7-10(14)13(17)18)19-12(16)6-4-2/h9-10H,3-8H2,1-2H3,(H,17,18). The van der Waals surface area contributed by atoms with Crippen molar-refractivity contribution in [2.75, 3.05) is 6.54 Å². The van der Waals surface area contributed by atoms with E-state index in [1.165, 1.54) is 4.90 Å². The summed E-state index contributed by atoms with van der Waals surface area (Å²) in [5.74, 6) is -1.57. The van der Waals surface area contributed by atoms with Gasteiger partial charge in [-0.05, 0) is 12.8 Å². The third-order valence-electron chi connectivity index (χ3n) is 3.08. The Balaban J connectivity index is 2.64. The first kappa shape index (κ1) is 15.5. The highest BCUT2D eigenvalue weighted by molar-refractivity contribution is 5.84. The third-order valence-corrected chi connectivity index (χ3v) is 3.08. The summed E-state index contributed by atoms with van der Waals surface area (Å²) in [6.07, 6.45) is 1.67. The molecule has 1 N–H and O–H groups in total. The van der Waals surface area contributed by atoms with E-state index in [0.717, 1.165) is 0 Å². The molecule has 0 spiro atoms. The number of carboxylic acid groups (broad SMARTS) is 1. The van der Waals surface area contributed by atoms with Gasteiger partial charge in [0.15, 0.2) is 0 Å². The van der Waals surface area contributed by atoms with Crippen LogP contribution in [0.5, 0.6) is 0 Å². The van der Waals surface area contributed by atoms with E-state index in [-0.39, 0.29) is 24.8 Å². The summed E-state index contributed by atoms with van der Waals surface area (Å²) < 4.78 is 5.19. The molecule has 2 unspecified atom stereocenters. The molecule has 1 fully saturated rings. The molecule has 1 heterocycles. The maximum atomic E-state index is 11.8. The van der Waals surface area contributed by atoms with Crippen molar-refractivity contribution in [3.05, 3.63) is 0 Å². The molecule has 0 aromatic carbocycles. The fourth-order valence-corrected chi connectivity index (χ4v) is 2.20. The summed E-state index contributed by atoms with van der Waals surface area (Å²) in [5.41, 5.74) is 0. The van der Waals surface area contributed by atoms with E-state index in [2.05, 4.69) is 0 Å². The maximum absolute atomic E-state index is 11.8. The molecule has 2 atom stereocenters. The number of carbonyl (C=O) groups excluding carboxylic acids is 2. The summed E-state index contributed by atoms with van der Waals surface area (Å²) in [6.45, 7) is 3.92. The maximum Gasteiger partial charge on any atom is 0.326 e. The number of esters is 1. The highest BCUT2D eigenvalue weighted by Crippen LogP contribution is 2.22. The molecule has 6 nitrogen and oxygen atoms in total. The van der Waals surface area contributed by atoms with Crippen LogP contribution in [0.4, 0.5) is 0 Å². The second-order valence-electron chi connectivity index (χ2n) is 4.75. The Labute approximate surface area is 112 Å². The first-order valence-corrected chi connectivity index (χ1v) is 6.71. The summed E-state index contributed by atoms with van der Waals surface area (Å²) in [4.78, 5) is 35.7. The van der Waals surface area contributed by atoms with Crippen LogP contribution in [0, 0.1) is 0 Å². The van der Waals surface area contributed by atoms with Gasteiger partial charge in [0.1, 0.15) is 12.1 Å². The molecule has 108 valence electrons.